The Balaban J connectivity index is 3.10. The molecule has 1 heterocycles. The van der Waals surface area contributed by atoms with E-state index in [0.29, 0.717) is 0 Å². The molecule has 0 spiro atoms. The number of rotatable bonds is 0. The van der Waals surface area contributed by atoms with E-state index in [-0.39, 0.29) is 16.0 Å². The molecule has 0 aromatic rings. The molecule has 0 atom stereocenters. The molecule has 3 nitrogen and oxygen atoms in total. The van der Waals surface area contributed by atoms with Crippen LogP contribution in [-0.4, -0.2) is 9.63 Å². The zero-order valence-corrected chi connectivity index (χ0v) is 8.43. The largest absolute Gasteiger partial charge is 0.337 e. The summed E-state index contributed by atoms with van der Waals surface area (Å²) in [5, 5.41) is 10.7. The van der Waals surface area contributed by atoms with Crippen molar-refractivity contribution in [2.24, 2.45) is 4.99 Å². The van der Waals surface area contributed by atoms with Crippen LogP contribution in [0.15, 0.2) is 15.8 Å². The van der Waals surface area contributed by atoms with Crippen LogP contribution in [-0.2, 0) is 0 Å². The van der Waals surface area contributed by atoms with E-state index in [1.807, 2.05) is 0 Å². The van der Waals surface area contributed by atoms with Gasteiger partial charge in [-0.1, -0.05) is 46.4 Å². The molecule has 1 rings (SSSR count). The number of aliphatic imine (C=N–C) groups is 1. The molecule has 0 saturated carbocycles. The van der Waals surface area contributed by atoms with E-state index in [2.05, 4.69) is 10.3 Å². The lowest BCUT2D eigenvalue weighted by molar-refractivity contribution is 0.842. The van der Waals surface area contributed by atoms with Gasteiger partial charge >= 0.3 is 0 Å². The molecule has 1 aliphatic rings. The number of nitrogens with zero attached hydrogens (tertiary/aromatic N) is 2. The van der Waals surface area contributed by atoms with Crippen LogP contribution in [0.4, 0.5) is 0 Å². The number of halogens is 4. The molecule has 1 aliphatic heterocycles. The van der Waals surface area contributed by atoms with Crippen LogP contribution in [0.2, 0.25) is 0 Å². The number of nitriles is 1. The Morgan fingerprint density at radius 2 is 2.00 bits per heavy atom. The van der Waals surface area contributed by atoms with Gasteiger partial charge in [-0.15, -0.1) is 0 Å². The lowest BCUT2D eigenvalue weighted by Gasteiger charge is -2.23. The maximum absolute atomic E-state index is 8.47. The molecule has 64 valence electrons. The van der Waals surface area contributed by atoms with Crippen molar-refractivity contribution < 1.29 is 0 Å². The normalized spacial score (nSPS) is 21.1. The lowest BCUT2D eigenvalue weighted by Crippen LogP contribution is -2.40. The van der Waals surface area contributed by atoms with Crippen molar-refractivity contribution in [3.63, 3.8) is 0 Å². The van der Waals surface area contributed by atoms with Gasteiger partial charge in [0.1, 0.15) is 11.2 Å². The quantitative estimate of drug-likeness (QED) is 0.525. The topological polar surface area (TPSA) is 48.2 Å². The number of hydrogen-bond acceptors (Lipinski definition) is 3. The monoisotopic (exact) mass is 243 g/mol. The molecule has 7 heteroatoms. The van der Waals surface area contributed by atoms with Crippen molar-refractivity contribution in [3.05, 3.63) is 10.9 Å². The van der Waals surface area contributed by atoms with Crippen LogP contribution in [0.3, 0.4) is 0 Å². The Labute approximate surface area is 88.6 Å². The first-order valence-electron chi connectivity index (χ1n) is 2.68. The van der Waals surface area contributed by atoms with E-state index in [1.54, 1.807) is 6.07 Å². The van der Waals surface area contributed by atoms with Crippen molar-refractivity contribution in [3.8, 4) is 6.07 Å². The molecular formula is C5HCl4N3. The summed E-state index contributed by atoms with van der Waals surface area (Å²) in [4.78, 5) is 3.58. The van der Waals surface area contributed by atoms with E-state index in [0.717, 1.165) is 0 Å². The highest BCUT2D eigenvalue weighted by atomic mass is 35.5. The van der Waals surface area contributed by atoms with Crippen molar-refractivity contribution in [2.75, 3.05) is 0 Å². The molecule has 0 amide bonds. The zero-order valence-electron chi connectivity index (χ0n) is 5.41. The summed E-state index contributed by atoms with van der Waals surface area (Å²) in [6.45, 7) is 0. The predicted octanol–water partition coefficient (Wildman–Crippen LogP) is 2.29. The van der Waals surface area contributed by atoms with Crippen LogP contribution in [0.25, 0.3) is 0 Å². The predicted molar refractivity (Wildman–Crippen MR) is 49.4 cm³/mol. The third kappa shape index (κ3) is 1.78. The first kappa shape index (κ1) is 9.94. The lowest BCUT2D eigenvalue weighted by atomic mass is 10.4. The fourth-order valence-electron chi connectivity index (χ4n) is 0.540. The smallest absolute Gasteiger partial charge is 0.242 e. The van der Waals surface area contributed by atoms with Crippen LogP contribution in [0, 0.1) is 11.3 Å². The van der Waals surface area contributed by atoms with Crippen LogP contribution < -0.4 is 5.32 Å². The van der Waals surface area contributed by atoms with Crippen molar-refractivity contribution in [2.45, 2.75) is 4.46 Å². The summed E-state index contributed by atoms with van der Waals surface area (Å²) >= 11 is 22.3. The van der Waals surface area contributed by atoms with E-state index in [4.69, 9.17) is 51.7 Å². The molecule has 0 unspecified atom stereocenters. The van der Waals surface area contributed by atoms with Crippen molar-refractivity contribution in [1.82, 2.24) is 5.32 Å². The summed E-state index contributed by atoms with van der Waals surface area (Å²) in [6, 6.07) is 1.72. The maximum Gasteiger partial charge on any atom is 0.242 e. The fraction of sp³-hybridized carbons (Fsp3) is 0.200. The van der Waals surface area contributed by atoms with Gasteiger partial charge in [0.15, 0.2) is 10.9 Å². The third-order valence-electron chi connectivity index (χ3n) is 1.05. The van der Waals surface area contributed by atoms with Crippen LogP contribution >= 0.6 is 46.4 Å². The van der Waals surface area contributed by atoms with E-state index < -0.39 is 4.46 Å². The highest BCUT2D eigenvalue weighted by Crippen LogP contribution is 2.30. The number of nitrogens with one attached hydrogen (secondary N) is 1. The summed E-state index contributed by atoms with van der Waals surface area (Å²) < 4.78 is -1.54. The Morgan fingerprint density at radius 1 is 1.42 bits per heavy atom. The van der Waals surface area contributed by atoms with Gasteiger partial charge in [0.05, 0.1) is 0 Å². The number of alkyl halides is 2. The van der Waals surface area contributed by atoms with Gasteiger partial charge in [0, 0.05) is 0 Å². The maximum atomic E-state index is 8.47. The Morgan fingerprint density at radius 3 is 2.50 bits per heavy atom. The molecular weight excluding hydrogens is 244 g/mol. The van der Waals surface area contributed by atoms with Gasteiger partial charge in [-0.3, -0.25) is 0 Å². The minimum absolute atomic E-state index is 0.0214. The summed E-state index contributed by atoms with van der Waals surface area (Å²) in [5.41, 5.74) is -0.0430. The second-order valence-electron chi connectivity index (χ2n) is 1.88. The molecule has 0 bridgehead atoms. The SMILES string of the molecule is N#CC1=C(Cl)NC(Cl)(Cl)C(Cl)=N1. The molecule has 0 aromatic carbocycles. The van der Waals surface area contributed by atoms with Gasteiger partial charge in [0.25, 0.3) is 0 Å². The second kappa shape index (κ2) is 3.31. The molecule has 1 N–H and O–H groups in total. The number of hydrogen-bond donors (Lipinski definition) is 1. The highest BCUT2D eigenvalue weighted by Gasteiger charge is 2.34. The summed E-state index contributed by atoms with van der Waals surface area (Å²) in [6.07, 6.45) is 0. The molecule has 0 aliphatic carbocycles. The molecule has 0 saturated heterocycles. The fourth-order valence-corrected chi connectivity index (χ4v) is 1.27. The average Bonchev–Trinajstić information content (AvgIpc) is 1.96. The Hall–Kier alpha value is -0.140. The van der Waals surface area contributed by atoms with Gasteiger partial charge in [-0.2, -0.15) is 5.26 Å². The first-order valence-corrected chi connectivity index (χ1v) is 4.19. The number of allylic oxidation sites excluding steroid dienone is 1. The Kier molecular flexibility index (Phi) is 2.74. The van der Waals surface area contributed by atoms with Gasteiger partial charge in [0.2, 0.25) is 4.46 Å². The second-order valence-corrected chi connectivity index (χ2v) is 3.94. The van der Waals surface area contributed by atoms with Crippen LogP contribution in [0.5, 0.6) is 0 Å². The van der Waals surface area contributed by atoms with Gasteiger partial charge in [-0.25, -0.2) is 4.99 Å². The summed E-state index contributed by atoms with van der Waals surface area (Å²) in [5.74, 6) is 0. The zero-order chi connectivity index (χ0) is 9.35. The van der Waals surface area contributed by atoms with Crippen LogP contribution in [0.1, 0.15) is 0 Å². The van der Waals surface area contributed by atoms with Gasteiger partial charge in [-0.05, 0) is 0 Å². The van der Waals surface area contributed by atoms with Crippen molar-refractivity contribution >= 4 is 51.6 Å². The van der Waals surface area contributed by atoms with E-state index in [9.17, 15) is 0 Å². The average molecular weight is 245 g/mol. The molecule has 0 radical (unpaired) electrons. The first-order chi connectivity index (χ1) is 5.47. The van der Waals surface area contributed by atoms with Crippen molar-refractivity contribution in [1.29, 1.82) is 5.26 Å². The molecule has 0 fully saturated rings. The molecule has 12 heavy (non-hydrogen) atoms. The minimum Gasteiger partial charge on any atom is -0.337 e. The van der Waals surface area contributed by atoms with E-state index in [1.165, 1.54) is 0 Å². The Bertz CT molecular complexity index is 311. The molecule has 0 aromatic heterocycles. The van der Waals surface area contributed by atoms with Gasteiger partial charge < -0.3 is 5.32 Å². The van der Waals surface area contributed by atoms with E-state index >= 15 is 0 Å². The standard InChI is InChI=1S/C5HCl4N3/c6-3-2(1-10)11-4(7)5(8,9)12-3/h12H. The highest BCUT2D eigenvalue weighted by molar-refractivity contribution is 6.80. The summed E-state index contributed by atoms with van der Waals surface area (Å²) in [7, 11) is 0. The minimum atomic E-state index is -1.54. The third-order valence-corrected chi connectivity index (χ3v) is 2.43.